The van der Waals surface area contributed by atoms with Gasteiger partial charge in [0.15, 0.2) is 0 Å². The Morgan fingerprint density at radius 3 is 2.19 bits per heavy atom. The third-order valence-corrected chi connectivity index (χ3v) is 14.2. The minimum absolute atomic E-state index is 0.0541. The number of ether oxygens (including phenoxy) is 1. The molecule has 270 valence electrons. The normalized spacial score (nSPS) is 32.6. The molecular weight excluding hydrogens is 572 g/mol. The van der Waals surface area contributed by atoms with Gasteiger partial charge >= 0.3 is 5.97 Å². The van der Waals surface area contributed by atoms with Gasteiger partial charge in [-0.2, -0.15) is 0 Å². The predicted molar refractivity (Wildman–Crippen MR) is 202 cm³/mol. The summed E-state index contributed by atoms with van der Waals surface area (Å²) in [5.74, 6) is 5.31. The van der Waals surface area contributed by atoms with Gasteiger partial charge in [0, 0.05) is 12.8 Å². The lowest BCUT2D eigenvalue weighted by atomic mass is 9.47. The minimum atomic E-state index is 0.0541. The first-order chi connectivity index (χ1) is 22.7. The first-order valence-corrected chi connectivity index (χ1v) is 21.2. The van der Waals surface area contributed by atoms with Gasteiger partial charge in [0.1, 0.15) is 6.10 Å². The average molecular weight is 651 g/mol. The van der Waals surface area contributed by atoms with Crippen LogP contribution >= 0.6 is 0 Å². The lowest BCUT2D eigenvalue weighted by molar-refractivity contribution is -0.151. The number of allylic oxidation sites excluding steroid dienone is 3. The lowest BCUT2D eigenvalue weighted by Crippen LogP contribution is -2.51. The summed E-state index contributed by atoms with van der Waals surface area (Å²) in [5, 5.41) is 0. The highest BCUT2D eigenvalue weighted by Crippen LogP contribution is 2.67. The van der Waals surface area contributed by atoms with E-state index in [2.05, 4.69) is 59.8 Å². The van der Waals surface area contributed by atoms with E-state index in [0.29, 0.717) is 17.3 Å². The maximum absolute atomic E-state index is 12.8. The summed E-state index contributed by atoms with van der Waals surface area (Å²) in [6.07, 6.45) is 39.5. The van der Waals surface area contributed by atoms with Crippen molar-refractivity contribution in [2.45, 2.75) is 208 Å². The van der Waals surface area contributed by atoms with Crippen molar-refractivity contribution in [3.8, 4) is 0 Å². The van der Waals surface area contributed by atoms with Crippen LogP contribution in [0.25, 0.3) is 0 Å². The lowest BCUT2D eigenvalue weighted by Gasteiger charge is -2.58. The van der Waals surface area contributed by atoms with Crippen LogP contribution < -0.4 is 0 Å². The molecule has 2 heteroatoms. The Hall–Kier alpha value is -1.05. The molecule has 4 aliphatic carbocycles. The molecule has 0 radical (unpaired) electrons. The molecule has 4 unspecified atom stereocenters. The molecule has 0 aromatic heterocycles. The predicted octanol–water partition coefficient (Wildman–Crippen LogP) is 14.0. The molecule has 0 saturated heterocycles. The van der Waals surface area contributed by atoms with Crippen molar-refractivity contribution in [1.29, 1.82) is 0 Å². The van der Waals surface area contributed by atoms with E-state index in [0.717, 1.165) is 61.2 Å². The molecule has 0 heterocycles. The van der Waals surface area contributed by atoms with Crippen LogP contribution in [0.2, 0.25) is 0 Å². The van der Waals surface area contributed by atoms with Crippen LogP contribution in [0.15, 0.2) is 23.8 Å². The number of fused-ring (bicyclic) bond motifs is 5. The molecule has 4 aliphatic rings. The number of carbonyl (C=O) groups excluding carboxylic acids is 1. The summed E-state index contributed by atoms with van der Waals surface area (Å²) in [5.41, 5.74) is 2.53. The second-order valence-corrected chi connectivity index (χ2v) is 18.0. The van der Waals surface area contributed by atoms with E-state index in [1.807, 2.05) is 0 Å². The van der Waals surface area contributed by atoms with Gasteiger partial charge < -0.3 is 4.74 Å². The van der Waals surface area contributed by atoms with Gasteiger partial charge in [-0.25, -0.2) is 0 Å². The van der Waals surface area contributed by atoms with Crippen molar-refractivity contribution in [3.63, 3.8) is 0 Å². The van der Waals surface area contributed by atoms with Crippen LogP contribution in [-0.2, 0) is 9.53 Å². The number of hydrogen-bond donors (Lipinski definition) is 0. The van der Waals surface area contributed by atoms with Gasteiger partial charge in [0.05, 0.1) is 0 Å². The summed E-state index contributed by atoms with van der Waals surface area (Å²) in [6.45, 7) is 14.9. The van der Waals surface area contributed by atoms with Crippen molar-refractivity contribution >= 4 is 5.97 Å². The summed E-state index contributed by atoms with van der Waals surface area (Å²) in [6, 6.07) is 0. The van der Waals surface area contributed by atoms with Crippen molar-refractivity contribution in [2.24, 2.45) is 46.3 Å². The van der Waals surface area contributed by atoms with Gasteiger partial charge in [0.25, 0.3) is 0 Å². The average Bonchev–Trinajstić information content (AvgIpc) is 3.40. The number of esters is 1. The summed E-state index contributed by atoms with van der Waals surface area (Å²) in [4.78, 5) is 12.8. The van der Waals surface area contributed by atoms with Crippen LogP contribution in [-0.4, -0.2) is 12.1 Å². The molecule has 3 saturated carbocycles. The van der Waals surface area contributed by atoms with E-state index < -0.39 is 0 Å². The van der Waals surface area contributed by atoms with Gasteiger partial charge in [-0.3, -0.25) is 4.79 Å². The van der Waals surface area contributed by atoms with Crippen LogP contribution in [0.4, 0.5) is 0 Å². The summed E-state index contributed by atoms with van der Waals surface area (Å²) >= 11 is 0. The molecule has 0 bridgehead atoms. The maximum Gasteiger partial charge on any atom is 0.306 e. The highest BCUT2D eigenvalue weighted by Gasteiger charge is 2.59. The van der Waals surface area contributed by atoms with Crippen molar-refractivity contribution in [3.05, 3.63) is 23.8 Å². The molecule has 0 aromatic rings. The van der Waals surface area contributed by atoms with Gasteiger partial charge in [-0.1, -0.05) is 136 Å². The van der Waals surface area contributed by atoms with Gasteiger partial charge in [0.2, 0.25) is 0 Å². The maximum atomic E-state index is 12.8. The molecule has 3 fully saturated rings. The van der Waals surface area contributed by atoms with Crippen molar-refractivity contribution in [1.82, 2.24) is 0 Å². The largest absolute Gasteiger partial charge is 0.462 e. The van der Waals surface area contributed by atoms with Crippen molar-refractivity contribution in [2.75, 3.05) is 0 Å². The molecule has 4 rings (SSSR count). The molecule has 8 atom stereocenters. The zero-order valence-corrected chi connectivity index (χ0v) is 32.3. The standard InChI is InChI=1S/C45H78O2/c1-7-8-9-10-11-12-13-14-15-16-17-18-19-20-21-25-43(46)47-38-30-32-44(5)37(34-38)26-27-39-41-29-28-40(36(4)24-22-23-35(2)3)45(41,6)33-31-42(39)44/h14-15,26,35-36,38-42H,7-13,16-25,27-34H2,1-6H3/b15-14+/t36-,38?,39?,40-,41?,42?,44+,45-/m1/s1. The second kappa shape index (κ2) is 19.4. The third-order valence-electron chi connectivity index (χ3n) is 14.2. The number of hydrogen-bond acceptors (Lipinski definition) is 2. The SMILES string of the molecule is CCCCCCCC/C=C/CCCCCCCC(=O)OC1CC[C@@]2(C)C(=CCC3C2CC[C@@]2(C)C3CC[C@@H]2[C@H](C)CCCC(C)C)C1. The monoisotopic (exact) mass is 651 g/mol. The number of unbranched alkanes of at least 4 members (excludes halogenated alkanes) is 11. The van der Waals surface area contributed by atoms with Crippen molar-refractivity contribution < 1.29 is 9.53 Å². The molecule has 0 spiro atoms. The quantitative estimate of drug-likeness (QED) is 0.0702. The number of rotatable bonds is 21. The Balaban J connectivity index is 1.12. The summed E-state index contributed by atoms with van der Waals surface area (Å²) in [7, 11) is 0. The Kier molecular flexibility index (Phi) is 16.0. The number of carbonyl (C=O) groups is 1. The van der Waals surface area contributed by atoms with Crippen LogP contribution in [0, 0.1) is 46.3 Å². The third kappa shape index (κ3) is 10.7. The zero-order valence-electron chi connectivity index (χ0n) is 32.3. The molecule has 47 heavy (non-hydrogen) atoms. The smallest absolute Gasteiger partial charge is 0.306 e. The van der Waals surface area contributed by atoms with Crippen LogP contribution in [0.3, 0.4) is 0 Å². The first-order valence-electron chi connectivity index (χ1n) is 21.2. The van der Waals surface area contributed by atoms with E-state index in [1.54, 1.807) is 5.57 Å². The Labute approximate surface area is 293 Å². The van der Waals surface area contributed by atoms with Gasteiger partial charge in [-0.05, 0) is 123 Å². The van der Waals surface area contributed by atoms with E-state index in [-0.39, 0.29) is 12.1 Å². The fraction of sp³-hybridized carbons (Fsp3) is 0.889. The molecule has 0 amide bonds. The minimum Gasteiger partial charge on any atom is -0.462 e. The highest BCUT2D eigenvalue weighted by atomic mass is 16.5. The molecule has 0 aromatic carbocycles. The fourth-order valence-corrected chi connectivity index (χ4v) is 11.3. The topological polar surface area (TPSA) is 26.3 Å². The van der Waals surface area contributed by atoms with Gasteiger partial charge in [-0.15, -0.1) is 0 Å². The Morgan fingerprint density at radius 1 is 0.809 bits per heavy atom. The highest BCUT2D eigenvalue weighted by molar-refractivity contribution is 5.69. The Bertz CT molecular complexity index is 976. The van der Waals surface area contributed by atoms with E-state index in [4.69, 9.17) is 4.74 Å². The van der Waals surface area contributed by atoms with Crippen LogP contribution in [0.1, 0.15) is 202 Å². The summed E-state index contributed by atoms with van der Waals surface area (Å²) < 4.78 is 6.12. The molecule has 0 N–H and O–H groups in total. The van der Waals surface area contributed by atoms with E-state index in [9.17, 15) is 4.79 Å². The zero-order chi connectivity index (χ0) is 33.7. The van der Waals surface area contributed by atoms with Crippen LogP contribution in [0.5, 0.6) is 0 Å². The second-order valence-electron chi connectivity index (χ2n) is 18.0. The Morgan fingerprint density at radius 2 is 1.49 bits per heavy atom. The molecule has 2 nitrogen and oxygen atoms in total. The fourth-order valence-electron chi connectivity index (χ4n) is 11.3. The van der Waals surface area contributed by atoms with E-state index in [1.165, 1.54) is 128 Å². The first kappa shape index (κ1) is 38.7. The van der Waals surface area contributed by atoms with E-state index >= 15 is 0 Å². The molecule has 0 aliphatic heterocycles. The molecular formula is C45H78O2.